The van der Waals surface area contributed by atoms with E-state index < -0.39 is 0 Å². The van der Waals surface area contributed by atoms with Crippen LogP contribution in [0.1, 0.15) is 25.8 Å². The first-order chi connectivity index (χ1) is 7.06. The highest BCUT2D eigenvalue weighted by Gasteiger charge is 2.12. The highest BCUT2D eigenvalue weighted by atomic mass is 35.5. The van der Waals surface area contributed by atoms with Crippen molar-refractivity contribution in [2.24, 2.45) is 5.92 Å². The lowest BCUT2D eigenvalue weighted by Gasteiger charge is -2.12. The van der Waals surface area contributed by atoms with Crippen LogP contribution in [-0.4, -0.2) is 5.91 Å². The van der Waals surface area contributed by atoms with Crippen LogP contribution in [0.15, 0.2) is 18.2 Å². The molecule has 0 saturated heterocycles. The Morgan fingerprint density at radius 2 is 2.20 bits per heavy atom. The van der Waals surface area contributed by atoms with E-state index in [4.69, 9.17) is 11.6 Å². The van der Waals surface area contributed by atoms with Crippen LogP contribution in [0.4, 0.5) is 5.69 Å². The molecule has 1 N–H and O–H groups in total. The molecule has 0 aliphatic rings. The summed E-state index contributed by atoms with van der Waals surface area (Å²) in [6, 6.07) is 5.51. The monoisotopic (exact) mass is 225 g/mol. The maximum absolute atomic E-state index is 11.7. The molecule has 0 radical (unpaired) electrons. The van der Waals surface area contributed by atoms with Crippen LogP contribution in [0.25, 0.3) is 0 Å². The van der Waals surface area contributed by atoms with E-state index in [1.165, 1.54) is 0 Å². The summed E-state index contributed by atoms with van der Waals surface area (Å²) in [7, 11) is 0. The van der Waals surface area contributed by atoms with Gasteiger partial charge in [-0.05, 0) is 31.0 Å². The third-order valence-corrected chi connectivity index (χ3v) is 2.99. The first-order valence-electron chi connectivity index (χ1n) is 5.12. The number of nitrogens with one attached hydrogen (secondary N) is 1. The van der Waals surface area contributed by atoms with E-state index in [0.717, 1.165) is 17.7 Å². The van der Waals surface area contributed by atoms with Gasteiger partial charge in [0.25, 0.3) is 0 Å². The highest BCUT2D eigenvalue weighted by molar-refractivity contribution is 6.31. The normalized spacial score (nSPS) is 12.3. The Kier molecular flexibility index (Phi) is 4.15. The maximum atomic E-state index is 11.7. The molecule has 1 aromatic rings. The van der Waals surface area contributed by atoms with Gasteiger partial charge in [0.2, 0.25) is 5.91 Å². The van der Waals surface area contributed by atoms with Gasteiger partial charge in [-0.25, -0.2) is 0 Å². The summed E-state index contributed by atoms with van der Waals surface area (Å²) in [4.78, 5) is 11.7. The summed E-state index contributed by atoms with van der Waals surface area (Å²) in [5.74, 6) is 0.0752. The van der Waals surface area contributed by atoms with Crippen molar-refractivity contribution < 1.29 is 4.79 Å². The second kappa shape index (κ2) is 5.17. The number of carbonyl (C=O) groups is 1. The van der Waals surface area contributed by atoms with Crippen molar-refractivity contribution in [1.29, 1.82) is 0 Å². The molecule has 3 heteroatoms. The third kappa shape index (κ3) is 2.96. The summed E-state index contributed by atoms with van der Waals surface area (Å²) in [5, 5.41) is 3.56. The number of carbonyl (C=O) groups excluding carboxylic acids is 1. The van der Waals surface area contributed by atoms with E-state index in [1.54, 1.807) is 0 Å². The van der Waals surface area contributed by atoms with E-state index in [-0.39, 0.29) is 11.8 Å². The summed E-state index contributed by atoms with van der Waals surface area (Å²) in [6.45, 7) is 5.80. The molecule has 0 fully saturated rings. The zero-order chi connectivity index (χ0) is 11.4. The van der Waals surface area contributed by atoms with Crippen LogP contribution in [0, 0.1) is 12.8 Å². The van der Waals surface area contributed by atoms with Gasteiger partial charge < -0.3 is 5.32 Å². The predicted octanol–water partition coefficient (Wildman–Crippen LogP) is 3.63. The van der Waals surface area contributed by atoms with E-state index in [2.05, 4.69) is 5.32 Å². The molecule has 0 bridgehead atoms. The molecule has 0 spiro atoms. The highest BCUT2D eigenvalue weighted by Crippen LogP contribution is 2.23. The molecule has 2 nitrogen and oxygen atoms in total. The molecule has 82 valence electrons. The van der Waals surface area contributed by atoms with Crippen LogP contribution in [-0.2, 0) is 4.79 Å². The van der Waals surface area contributed by atoms with Crippen molar-refractivity contribution in [3.63, 3.8) is 0 Å². The number of hydrogen-bond acceptors (Lipinski definition) is 1. The summed E-state index contributed by atoms with van der Waals surface area (Å²) in [6.07, 6.45) is 0.839. The minimum absolute atomic E-state index is 0.0309. The molecule has 0 aliphatic carbocycles. The Bertz CT molecular complexity index is 363. The topological polar surface area (TPSA) is 29.1 Å². The lowest BCUT2D eigenvalue weighted by Crippen LogP contribution is -2.20. The Morgan fingerprint density at radius 1 is 1.53 bits per heavy atom. The zero-order valence-electron chi connectivity index (χ0n) is 9.30. The Morgan fingerprint density at radius 3 is 2.80 bits per heavy atom. The Labute approximate surface area is 95.6 Å². The quantitative estimate of drug-likeness (QED) is 0.836. The molecule has 1 rings (SSSR count). The first-order valence-corrected chi connectivity index (χ1v) is 5.50. The van der Waals surface area contributed by atoms with Gasteiger partial charge in [-0.3, -0.25) is 4.79 Å². The van der Waals surface area contributed by atoms with Crippen LogP contribution >= 0.6 is 11.6 Å². The number of hydrogen-bond donors (Lipinski definition) is 1. The largest absolute Gasteiger partial charge is 0.326 e. The van der Waals surface area contributed by atoms with E-state index in [0.29, 0.717) is 5.02 Å². The van der Waals surface area contributed by atoms with Crippen LogP contribution in [0.3, 0.4) is 0 Å². The van der Waals surface area contributed by atoms with Crippen LogP contribution in [0.2, 0.25) is 5.02 Å². The minimum atomic E-state index is 0.0309. The molecule has 15 heavy (non-hydrogen) atoms. The Balaban J connectivity index is 2.81. The van der Waals surface area contributed by atoms with Gasteiger partial charge in [0.1, 0.15) is 0 Å². The van der Waals surface area contributed by atoms with Gasteiger partial charge >= 0.3 is 0 Å². The summed E-state index contributed by atoms with van der Waals surface area (Å²) in [5.41, 5.74) is 1.71. The fraction of sp³-hybridized carbons (Fsp3) is 0.417. The standard InChI is InChI=1S/C12H16ClNO/c1-4-8(2)12(15)14-11-7-5-6-10(13)9(11)3/h5-8H,4H2,1-3H3,(H,14,15)/t8-/m1/s1. The molecule has 0 aromatic heterocycles. The van der Waals surface area contributed by atoms with Crippen LogP contribution in [0.5, 0.6) is 0 Å². The molecule has 1 aromatic carbocycles. The fourth-order valence-electron chi connectivity index (χ4n) is 1.18. The van der Waals surface area contributed by atoms with E-state index in [9.17, 15) is 4.79 Å². The van der Waals surface area contributed by atoms with Crippen LogP contribution < -0.4 is 5.32 Å². The molecule has 1 atom stereocenters. The predicted molar refractivity (Wildman–Crippen MR) is 64.3 cm³/mol. The molecular weight excluding hydrogens is 210 g/mol. The van der Waals surface area contributed by atoms with Crippen molar-refractivity contribution in [2.45, 2.75) is 27.2 Å². The van der Waals surface area contributed by atoms with Gasteiger partial charge in [-0.15, -0.1) is 0 Å². The van der Waals surface area contributed by atoms with Crippen molar-refractivity contribution >= 4 is 23.2 Å². The zero-order valence-corrected chi connectivity index (χ0v) is 10.1. The smallest absolute Gasteiger partial charge is 0.227 e. The molecule has 0 heterocycles. The number of anilines is 1. The fourth-order valence-corrected chi connectivity index (χ4v) is 1.36. The van der Waals surface area contributed by atoms with Gasteiger partial charge in [0, 0.05) is 16.6 Å². The first kappa shape index (κ1) is 12.1. The summed E-state index contributed by atoms with van der Waals surface area (Å²) < 4.78 is 0. The molecule has 0 unspecified atom stereocenters. The maximum Gasteiger partial charge on any atom is 0.227 e. The van der Waals surface area contributed by atoms with Crippen molar-refractivity contribution in [3.8, 4) is 0 Å². The summed E-state index contributed by atoms with van der Waals surface area (Å²) >= 11 is 5.96. The van der Waals surface area contributed by atoms with E-state index in [1.807, 2.05) is 39.0 Å². The average molecular weight is 226 g/mol. The number of rotatable bonds is 3. The third-order valence-electron chi connectivity index (χ3n) is 2.59. The lowest BCUT2D eigenvalue weighted by atomic mass is 10.1. The van der Waals surface area contributed by atoms with Gasteiger partial charge in [0.05, 0.1) is 0 Å². The van der Waals surface area contributed by atoms with Gasteiger partial charge in [-0.2, -0.15) is 0 Å². The second-order valence-corrected chi connectivity index (χ2v) is 4.12. The molecule has 0 saturated carbocycles. The lowest BCUT2D eigenvalue weighted by molar-refractivity contribution is -0.119. The Hall–Kier alpha value is -1.02. The molecule has 0 aliphatic heterocycles. The molecule has 1 amide bonds. The number of halogens is 1. The minimum Gasteiger partial charge on any atom is -0.326 e. The second-order valence-electron chi connectivity index (χ2n) is 3.71. The number of amides is 1. The molecular formula is C12H16ClNO. The van der Waals surface area contributed by atoms with Crippen molar-refractivity contribution in [3.05, 3.63) is 28.8 Å². The van der Waals surface area contributed by atoms with Gasteiger partial charge in [-0.1, -0.05) is 31.5 Å². The average Bonchev–Trinajstić information content (AvgIpc) is 2.23. The van der Waals surface area contributed by atoms with Crippen molar-refractivity contribution in [1.82, 2.24) is 0 Å². The van der Waals surface area contributed by atoms with Gasteiger partial charge in [0.15, 0.2) is 0 Å². The van der Waals surface area contributed by atoms with E-state index >= 15 is 0 Å². The number of benzene rings is 1. The SMILES string of the molecule is CC[C@@H](C)C(=O)Nc1cccc(Cl)c1C. The van der Waals surface area contributed by atoms with Crippen molar-refractivity contribution in [2.75, 3.05) is 5.32 Å².